The van der Waals surface area contributed by atoms with Crippen molar-refractivity contribution in [2.45, 2.75) is 33.1 Å². The van der Waals surface area contributed by atoms with Crippen molar-refractivity contribution in [3.63, 3.8) is 0 Å². The number of nitrogens with zero attached hydrogens (tertiary/aromatic N) is 5. The number of ketones is 1. The highest BCUT2D eigenvalue weighted by atomic mass is 16.5. The van der Waals surface area contributed by atoms with E-state index in [-0.39, 0.29) is 18.3 Å². The van der Waals surface area contributed by atoms with E-state index < -0.39 is 0 Å². The predicted molar refractivity (Wildman–Crippen MR) is 120 cm³/mol. The fourth-order valence-corrected chi connectivity index (χ4v) is 3.79. The average Bonchev–Trinajstić information content (AvgIpc) is 3.30. The molecule has 0 spiro atoms. The van der Waals surface area contributed by atoms with Crippen LogP contribution in [-0.4, -0.2) is 36.9 Å². The van der Waals surface area contributed by atoms with Crippen molar-refractivity contribution < 1.29 is 9.53 Å². The lowest BCUT2D eigenvalue weighted by molar-refractivity contribution is -0.121. The fraction of sp³-hybridized carbons (Fsp3) is 0.333. The molecule has 4 aromatic rings. The van der Waals surface area contributed by atoms with Gasteiger partial charge >= 0.3 is 0 Å². The summed E-state index contributed by atoms with van der Waals surface area (Å²) in [6.07, 6.45) is 4.15. The molecule has 31 heavy (non-hydrogen) atoms. The zero-order valence-electron chi connectivity index (χ0n) is 18.6. The lowest BCUT2D eigenvalue weighted by Gasteiger charge is -2.12. The Morgan fingerprint density at radius 3 is 2.58 bits per heavy atom. The number of fused-ring (bicyclic) bond motifs is 1. The molecule has 0 bridgehead atoms. The molecule has 3 heterocycles. The highest BCUT2D eigenvalue weighted by molar-refractivity contribution is 5.94. The zero-order chi connectivity index (χ0) is 22.1. The number of Topliss-reactive ketones (excluding diaryl/α,β-unsaturated/α-hetero) is 1. The van der Waals surface area contributed by atoms with Gasteiger partial charge in [-0.2, -0.15) is 15.2 Å². The molecule has 160 valence electrons. The second-order valence-corrected chi connectivity index (χ2v) is 8.19. The van der Waals surface area contributed by atoms with Gasteiger partial charge in [0.25, 0.3) is 0 Å². The van der Waals surface area contributed by atoms with Crippen LogP contribution >= 0.6 is 0 Å². The van der Waals surface area contributed by atoms with Gasteiger partial charge in [-0.1, -0.05) is 36.8 Å². The van der Waals surface area contributed by atoms with Crippen LogP contribution in [0.5, 0.6) is 5.88 Å². The number of aryl methyl sites for hydroxylation is 4. The normalized spacial score (nSPS) is 12.3. The maximum absolute atomic E-state index is 12.5. The Morgan fingerprint density at radius 1 is 1.16 bits per heavy atom. The minimum Gasteiger partial charge on any atom is -0.470 e. The number of rotatable bonds is 7. The number of hydrogen-bond acceptors (Lipinski definition) is 5. The lowest BCUT2D eigenvalue weighted by Crippen LogP contribution is -2.14. The van der Waals surface area contributed by atoms with Gasteiger partial charge in [-0.05, 0) is 30.9 Å². The minimum absolute atomic E-state index is 0.00145. The molecule has 3 aromatic heterocycles. The molecule has 0 aliphatic rings. The number of aromatic nitrogens is 5. The second-order valence-electron chi connectivity index (χ2n) is 8.19. The van der Waals surface area contributed by atoms with Crippen LogP contribution < -0.4 is 4.74 Å². The molecule has 1 aromatic carbocycles. The van der Waals surface area contributed by atoms with Crippen LogP contribution in [-0.2, 0) is 18.9 Å². The van der Waals surface area contributed by atoms with Crippen molar-refractivity contribution in [2.75, 3.05) is 6.61 Å². The topological polar surface area (TPSA) is 74.8 Å². The monoisotopic (exact) mass is 417 g/mol. The number of benzene rings is 1. The Hall–Kier alpha value is -3.48. The van der Waals surface area contributed by atoms with Gasteiger partial charge in [-0.25, -0.2) is 4.68 Å². The summed E-state index contributed by atoms with van der Waals surface area (Å²) in [4.78, 5) is 17.1. The van der Waals surface area contributed by atoms with Crippen molar-refractivity contribution in [2.24, 2.45) is 14.1 Å². The first kappa shape index (κ1) is 20.8. The minimum atomic E-state index is 0.00145. The van der Waals surface area contributed by atoms with E-state index in [1.54, 1.807) is 15.6 Å². The van der Waals surface area contributed by atoms with Crippen molar-refractivity contribution in [1.82, 2.24) is 24.5 Å². The Balaban J connectivity index is 1.48. The summed E-state index contributed by atoms with van der Waals surface area (Å²) in [5.41, 5.74) is 5.86. The van der Waals surface area contributed by atoms with Crippen LogP contribution in [0.25, 0.3) is 22.3 Å². The first-order valence-corrected chi connectivity index (χ1v) is 10.4. The third-order valence-corrected chi connectivity index (χ3v) is 5.51. The third kappa shape index (κ3) is 4.35. The summed E-state index contributed by atoms with van der Waals surface area (Å²) in [7, 11) is 3.73. The van der Waals surface area contributed by atoms with Crippen LogP contribution in [0, 0.1) is 13.8 Å². The van der Waals surface area contributed by atoms with Crippen molar-refractivity contribution in [3.05, 3.63) is 59.4 Å². The van der Waals surface area contributed by atoms with E-state index in [1.807, 2.05) is 33.3 Å². The number of carbonyl (C=O) groups excluding carboxylic acids is 1. The van der Waals surface area contributed by atoms with E-state index in [1.165, 1.54) is 5.56 Å². The zero-order valence-corrected chi connectivity index (χ0v) is 18.6. The Kier molecular flexibility index (Phi) is 5.59. The summed E-state index contributed by atoms with van der Waals surface area (Å²) < 4.78 is 9.25. The van der Waals surface area contributed by atoms with E-state index in [9.17, 15) is 4.79 Å². The fourth-order valence-electron chi connectivity index (χ4n) is 3.79. The molecule has 0 aliphatic carbocycles. The molecular formula is C24H27N5O2. The Morgan fingerprint density at radius 2 is 1.90 bits per heavy atom. The van der Waals surface area contributed by atoms with E-state index >= 15 is 0 Å². The van der Waals surface area contributed by atoms with E-state index in [4.69, 9.17) is 4.74 Å². The summed E-state index contributed by atoms with van der Waals surface area (Å²) >= 11 is 0. The van der Waals surface area contributed by atoms with Gasteiger partial charge in [-0.3, -0.25) is 9.48 Å². The van der Waals surface area contributed by atoms with Gasteiger partial charge in [0.1, 0.15) is 12.3 Å². The van der Waals surface area contributed by atoms with Gasteiger partial charge < -0.3 is 4.74 Å². The van der Waals surface area contributed by atoms with Gasteiger partial charge in [0.2, 0.25) is 5.88 Å². The van der Waals surface area contributed by atoms with Crippen LogP contribution in [0.3, 0.4) is 0 Å². The highest BCUT2D eigenvalue weighted by Gasteiger charge is 2.18. The Bertz CT molecular complexity index is 1240. The molecule has 0 saturated carbocycles. The largest absolute Gasteiger partial charge is 0.470 e. The maximum Gasteiger partial charge on any atom is 0.215 e. The predicted octanol–water partition coefficient (Wildman–Crippen LogP) is 4.13. The van der Waals surface area contributed by atoms with E-state index in [0.717, 1.165) is 27.8 Å². The quantitative estimate of drug-likeness (QED) is 0.452. The van der Waals surface area contributed by atoms with Crippen molar-refractivity contribution in [3.8, 4) is 17.1 Å². The molecule has 0 aliphatic heterocycles. The first-order valence-electron chi connectivity index (χ1n) is 10.4. The van der Waals surface area contributed by atoms with Gasteiger partial charge in [0.15, 0.2) is 11.4 Å². The number of hydrogen-bond donors (Lipinski definition) is 0. The molecule has 0 unspecified atom stereocenters. The number of pyridine rings is 1. The van der Waals surface area contributed by atoms with Crippen molar-refractivity contribution >= 4 is 16.8 Å². The van der Waals surface area contributed by atoms with Gasteiger partial charge in [-0.15, -0.1) is 0 Å². The van der Waals surface area contributed by atoms with E-state index in [0.29, 0.717) is 17.9 Å². The van der Waals surface area contributed by atoms with Crippen LogP contribution in [0.4, 0.5) is 0 Å². The summed E-state index contributed by atoms with van der Waals surface area (Å²) in [5.74, 6) is 0.628. The summed E-state index contributed by atoms with van der Waals surface area (Å²) in [6.45, 7) is 6.12. The molecule has 0 N–H and O–H groups in total. The maximum atomic E-state index is 12.5. The smallest absolute Gasteiger partial charge is 0.215 e. The molecule has 0 fully saturated rings. The molecule has 7 nitrogen and oxygen atoms in total. The molecule has 0 saturated heterocycles. The molecule has 1 atom stereocenters. The van der Waals surface area contributed by atoms with Crippen LogP contribution in [0.1, 0.15) is 36.0 Å². The molecule has 0 amide bonds. The third-order valence-electron chi connectivity index (χ3n) is 5.51. The number of ether oxygens (including phenoxy) is 1. The Labute approximate surface area is 181 Å². The molecule has 0 radical (unpaired) electrons. The average molecular weight is 418 g/mol. The summed E-state index contributed by atoms with van der Waals surface area (Å²) in [6, 6.07) is 10.2. The number of carbonyl (C=O) groups is 1. The van der Waals surface area contributed by atoms with Crippen molar-refractivity contribution in [1.29, 1.82) is 0 Å². The molecular weight excluding hydrogens is 390 g/mol. The molecule has 7 heteroatoms. The SMILES string of the molecule is Cc1ccc([C@H](C)CC(=O)COc2cc(C)c3c(-c4cnn(C)c4)nn(C)c3n2)cc1. The lowest BCUT2D eigenvalue weighted by atomic mass is 9.95. The van der Waals surface area contributed by atoms with Crippen LogP contribution in [0.15, 0.2) is 42.7 Å². The second kappa shape index (κ2) is 8.34. The van der Waals surface area contributed by atoms with E-state index in [2.05, 4.69) is 53.3 Å². The highest BCUT2D eigenvalue weighted by Crippen LogP contribution is 2.31. The molecule has 4 rings (SSSR count). The first-order chi connectivity index (χ1) is 14.8. The van der Waals surface area contributed by atoms with Crippen LogP contribution in [0.2, 0.25) is 0 Å². The van der Waals surface area contributed by atoms with Gasteiger partial charge in [0.05, 0.1) is 11.6 Å². The standard InChI is InChI=1S/C24H27N5O2/c1-15-6-8-18(9-7-15)16(2)10-20(30)14-31-21-11-17(3)22-23(19-12-25-28(4)13-19)27-29(5)24(22)26-21/h6-9,11-13,16H,10,14H2,1-5H3/t16-/m1/s1. The summed E-state index contributed by atoms with van der Waals surface area (Å²) in [5, 5.41) is 9.83. The van der Waals surface area contributed by atoms with Gasteiger partial charge in [0, 0.05) is 38.3 Å².